The fourth-order valence-electron chi connectivity index (χ4n) is 2.51. The lowest BCUT2D eigenvalue weighted by molar-refractivity contribution is 0.0706. The second-order valence-electron chi connectivity index (χ2n) is 5.67. The number of hydrogen-bond donors (Lipinski definition) is 3. The Hall–Kier alpha value is -3.32. The first-order chi connectivity index (χ1) is 12.6. The fraction of sp³-hybridized carbons (Fsp3) is 0.158. The van der Waals surface area contributed by atoms with Crippen molar-refractivity contribution in [1.29, 1.82) is 0 Å². The van der Waals surface area contributed by atoms with Crippen molar-refractivity contribution >= 4 is 22.8 Å². The third-order valence-corrected chi connectivity index (χ3v) is 3.84. The maximum absolute atomic E-state index is 12.2. The number of carbonyl (C=O) groups excluding carboxylic acids is 2. The number of benzene rings is 2. The van der Waals surface area contributed by atoms with E-state index in [1.54, 1.807) is 23.7 Å². The molecule has 0 bridgehead atoms. The van der Waals surface area contributed by atoms with Crippen molar-refractivity contribution in [3.8, 4) is 5.75 Å². The van der Waals surface area contributed by atoms with E-state index >= 15 is 0 Å². The minimum absolute atomic E-state index is 0.258. The number of para-hydroxylation sites is 1. The molecule has 0 radical (unpaired) electrons. The fourth-order valence-corrected chi connectivity index (χ4v) is 2.51. The highest BCUT2D eigenvalue weighted by molar-refractivity contribution is 5.96. The molecule has 0 aliphatic rings. The quantitative estimate of drug-likeness (QED) is 0.359. The first-order valence-electron chi connectivity index (χ1n) is 8.03. The van der Waals surface area contributed by atoms with E-state index < -0.39 is 5.91 Å². The number of aryl methyl sites for hydroxylation is 1. The number of fused-ring (bicyclic) bond motifs is 1. The molecule has 3 N–H and O–H groups in total. The zero-order chi connectivity index (χ0) is 18.5. The number of amides is 2. The van der Waals surface area contributed by atoms with Gasteiger partial charge in [-0.05, 0) is 42.8 Å². The van der Waals surface area contributed by atoms with Crippen molar-refractivity contribution in [3.63, 3.8) is 0 Å². The average molecular weight is 354 g/mol. The SMILES string of the molecule is Cc1cccc2cc(C(=O)NCCOc3ccc(C(=O)NO)cc3)oc12. The predicted octanol–water partition coefficient (Wildman–Crippen LogP) is 2.67. The number of rotatable bonds is 6. The summed E-state index contributed by atoms with van der Waals surface area (Å²) in [5.41, 5.74) is 3.56. The number of furan rings is 1. The Balaban J connectivity index is 1.50. The Morgan fingerprint density at radius 3 is 2.58 bits per heavy atom. The molecule has 0 saturated heterocycles. The number of nitrogens with one attached hydrogen (secondary N) is 2. The lowest BCUT2D eigenvalue weighted by Crippen LogP contribution is -2.27. The first-order valence-corrected chi connectivity index (χ1v) is 8.03. The van der Waals surface area contributed by atoms with E-state index in [0.717, 1.165) is 10.9 Å². The Morgan fingerprint density at radius 2 is 1.88 bits per heavy atom. The molecule has 0 unspecified atom stereocenters. The number of hydroxylamine groups is 1. The lowest BCUT2D eigenvalue weighted by Gasteiger charge is -2.07. The first kappa shape index (κ1) is 17.5. The Bertz CT molecular complexity index is 931. The number of carbonyl (C=O) groups is 2. The van der Waals surface area contributed by atoms with E-state index in [1.807, 2.05) is 25.1 Å². The zero-order valence-electron chi connectivity index (χ0n) is 14.1. The Labute approximate surface area is 149 Å². The normalized spacial score (nSPS) is 10.5. The van der Waals surface area contributed by atoms with E-state index in [1.165, 1.54) is 12.1 Å². The maximum Gasteiger partial charge on any atom is 0.287 e. The second-order valence-corrected chi connectivity index (χ2v) is 5.67. The van der Waals surface area contributed by atoms with Gasteiger partial charge in [0.15, 0.2) is 5.76 Å². The molecule has 1 heterocycles. The van der Waals surface area contributed by atoms with Gasteiger partial charge in [0.2, 0.25) is 0 Å². The number of hydrogen-bond acceptors (Lipinski definition) is 5. The van der Waals surface area contributed by atoms with Gasteiger partial charge in [-0.1, -0.05) is 18.2 Å². The van der Waals surface area contributed by atoms with Crippen molar-refractivity contribution in [2.45, 2.75) is 6.92 Å². The van der Waals surface area contributed by atoms with Gasteiger partial charge in [0, 0.05) is 10.9 Å². The summed E-state index contributed by atoms with van der Waals surface area (Å²) < 4.78 is 11.1. The van der Waals surface area contributed by atoms with Gasteiger partial charge in [-0.3, -0.25) is 14.8 Å². The average Bonchev–Trinajstić information content (AvgIpc) is 3.11. The molecule has 3 aromatic rings. The highest BCUT2D eigenvalue weighted by Gasteiger charge is 2.12. The number of ether oxygens (including phenoxy) is 1. The lowest BCUT2D eigenvalue weighted by atomic mass is 10.2. The van der Waals surface area contributed by atoms with Crippen LogP contribution in [0.1, 0.15) is 26.5 Å². The van der Waals surface area contributed by atoms with Crippen LogP contribution in [0.4, 0.5) is 0 Å². The van der Waals surface area contributed by atoms with Crippen LogP contribution >= 0.6 is 0 Å². The van der Waals surface area contributed by atoms with Crippen LogP contribution < -0.4 is 15.5 Å². The van der Waals surface area contributed by atoms with E-state index in [0.29, 0.717) is 23.4 Å². The van der Waals surface area contributed by atoms with E-state index in [9.17, 15) is 9.59 Å². The van der Waals surface area contributed by atoms with Gasteiger partial charge in [-0.2, -0.15) is 0 Å². The largest absolute Gasteiger partial charge is 0.492 e. The van der Waals surface area contributed by atoms with E-state index in [4.69, 9.17) is 14.4 Å². The van der Waals surface area contributed by atoms with E-state index in [2.05, 4.69) is 5.32 Å². The van der Waals surface area contributed by atoms with Crippen LogP contribution in [-0.2, 0) is 0 Å². The molecule has 1 aromatic heterocycles. The predicted molar refractivity (Wildman–Crippen MR) is 94.5 cm³/mol. The van der Waals surface area contributed by atoms with Crippen LogP contribution in [-0.4, -0.2) is 30.2 Å². The van der Waals surface area contributed by atoms with Crippen molar-refractivity contribution in [2.24, 2.45) is 0 Å². The molecule has 7 nitrogen and oxygen atoms in total. The summed E-state index contributed by atoms with van der Waals surface area (Å²) in [4.78, 5) is 23.4. The molecule has 26 heavy (non-hydrogen) atoms. The molecule has 0 spiro atoms. The summed E-state index contributed by atoms with van der Waals surface area (Å²) in [6, 6.07) is 13.7. The Kier molecular flexibility index (Phi) is 5.19. The van der Waals surface area contributed by atoms with Gasteiger partial charge in [-0.15, -0.1) is 0 Å². The van der Waals surface area contributed by atoms with Crippen LogP contribution in [0.15, 0.2) is 52.9 Å². The molecule has 0 saturated carbocycles. The molecule has 7 heteroatoms. The van der Waals surface area contributed by atoms with Crippen molar-refractivity contribution < 1.29 is 24.0 Å². The van der Waals surface area contributed by atoms with Crippen LogP contribution in [0.25, 0.3) is 11.0 Å². The molecule has 0 aliphatic heterocycles. The van der Waals surface area contributed by atoms with Crippen LogP contribution in [0, 0.1) is 6.92 Å². The van der Waals surface area contributed by atoms with Gasteiger partial charge in [0.05, 0.1) is 6.54 Å². The van der Waals surface area contributed by atoms with Crippen molar-refractivity contribution in [2.75, 3.05) is 13.2 Å². The van der Waals surface area contributed by atoms with Gasteiger partial charge >= 0.3 is 0 Å². The molecule has 0 atom stereocenters. The summed E-state index contributed by atoms with van der Waals surface area (Å²) in [6.07, 6.45) is 0. The molecule has 3 rings (SSSR count). The van der Waals surface area contributed by atoms with Crippen LogP contribution in [0.3, 0.4) is 0 Å². The van der Waals surface area contributed by atoms with Crippen LogP contribution in [0.5, 0.6) is 5.75 Å². The zero-order valence-corrected chi connectivity index (χ0v) is 14.1. The molecular weight excluding hydrogens is 336 g/mol. The highest BCUT2D eigenvalue weighted by Crippen LogP contribution is 2.22. The van der Waals surface area contributed by atoms with E-state index in [-0.39, 0.29) is 18.3 Å². The van der Waals surface area contributed by atoms with Gasteiger partial charge in [-0.25, -0.2) is 5.48 Å². The summed E-state index contributed by atoms with van der Waals surface area (Å²) in [5.74, 6) is -0.0918. The maximum atomic E-state index is 12.2. The summed E-state index contributed by atoms with van der Waals surface area (Å²) in [6.45, 7) is 2.49. The standard InChI is InChI=1S/C19H18N2O5/c1-12-3-2-4-14-11-16(26-17(12)14)19(23)20-9-10-25-15-7-5-13(6-8-15)18(22)21-24/h2-8,11,24H,9-10H2,1H3,(H,20,23)(H,21,22). The van der Waals surface area contributed by atoms with Crippen molar-refractivity contribution in [1.82, 2.24) is 10.8 Å². The third kappa shape index (κ3) is 3.84. The smallest absolute Gasteiger partial charge is 0.287 e. The monoisotopic (exact) mass is 354 g/mol. The molecular formula is C19H18N2O5. The minimum atomic E-state index is -0.593. The van der Waals surface area contributed by atoms with Gasteiger partial charge in [0.25, 0.3) is 11.8 Å². The highest BCUT2D eigenvalue weighted by atomic mass is 16.5. The second kappa shape index (κ2) is 7.71. The molecule has 134 valence electrons. The van der Waals surface area contributed by atoms with Crippen molar-refractivity contribution in [3.05, 3.63) is 65.4 Å². The van der Waals surface area contributed by atoms with Gasteiger partial charge in [0.1, 0.15) is 17.9 Å². The molecule has 2 aromatic carbocycles. The minimum Gasteiger partial charge on any atom is -0.492 e. The third-order valence-electron chi connectivity index (χ3n) is 3.84. The summed E-state index contributed by atoms with van der Waals surface area (Å²) in [7, 11) is 0. The Morgan fingerprint density at radius 1 is 1.12 bits per heavy atom. The summed E-state index contributed by atoms with van der Waals surface area (Å²) >= 11 is 0. The van der Waals surface area contributed by atoms with Crippen LogP contribution in [0.2, 0.25) is 0 Å². The topological polar surface area (TPSA) is 101 Å². The molecule has 2 amide bonds. The summed E-state index contributed by atoms with van der Waals surface area (Å²) in [5, 5.41) is 12.2. The molecule has 0 aliphatic carbocycles. The molecule has 0 fully saturated rings. The van der Waals surface area contributed by atoms with Gasteiger partial charge < -0.3 is 14.5 Å².